The zero-order valence-corrected chi connectivity index (χ0v) is 3.39. The van der Waals surface area contributed by atoms with Crippen LogP contribution in [0.25, 0.3) is 0 Å². The Bertz CT molecular complexity index is 101. The van der Waals surface area contributed by atoms with Gasteiger partial charge in [-0.15, -0.1) is 0 Å². The second-order valence-electron chi connectivity index (χ2n) is 0.729. The minimum atomic E-state index is -2.02. The van der Waals surface area contributed by atoms with Crippen LogP contribution in [0.4, 0.5) is 9.05 Å². The first-order chi connectivity index (χ1) is 3.72. The average Bonchev–Trinajstić information content (AvgIpc) is 1.84. The Morgan fingerprint density at radius 2 is 1.22 bits per heavy atom. The van der Waals surface area contributed by atoms with Gasteiger partial charge in [0, 0.05) is 9.05 Å². The van der Waals surface area contributed by atoms with E-state index in [0.29, 0.717) is 0 Å². The van der Waals surface area contributed by atoms with E-state index in [1.165, 1.54) is 0 Å². The molecule has 0 saturated heterocycles. The molecule has 0 amide bonds. The summed E-state index contributed by atoms with van der Waals surface area (Å²) in [6, 6.07) is 0. The average molecular weight is 134 g/mol. The Morgan fingerprint density at radius 1 is 1.00 bits per heavy atom. The van der Waals surface area contributed by atoms with Gasteiger partial charge in [-0.05, 0) is 0 Å². The third kappa shape index (κ3) is 3.94. The van der Waals surface area contributed by atoms with Crippen molar-refractivity contribution in [1.29, 1.82) is 0 Å². The van der Waals surface area contributed by atoms with Crippen molar-refractivity contribution in [3.05, 3.63) is 0 Å². The van der Waals surface area contributed by atoms with E-state index >= 15 is 0 Å². The first-order valence-corrected chi connectivity index (χ1v) is 1.38. The van der Waals surface area contributed by atoms with E-state index in [-0.39, 0.29) is 18.9 Å². The van der Waals surface area contributed by atoms with Crippen molar-refractivity contribution >= 4 is 30.8 Å². The molecular weight excluding hydrogens is 133 g/mol. The molecule has 0 aromatic rings. The molecule has 0 aliphatic rings. The number of halogens is 2. The summed E-state index contributed by atoms with van der Waals surface area (Å²) in [5.41, 5.74) is 0. The summed E-state index contributed by atoms with van der Waals surface area (Å²) in [6.45, 7) is 0. The molecule has 0 N–H and O–H groups in total. The molecule has 0 heterocycles. The number of rotatable bonds is 0. The number of hydrogen-bond donors (Lipinski definition) is 0. The van der Waals surface area contributed by atoms with Gasteiger partial charge in [0.05, 0.1) is 0 Å². The van der Waals surface area contributed by atoms with Crippen LogP contribution in [0.3, 0.4) is 0 Å². The number of carbonyl (C=O) groups is 2. The summed E-state index contributed by atoms with van der Waals surface area (Å²) in [7, 11) is 0. The van der Waals surface area contributed by atoms with Gasteiger partial charge in [-0.25, -0.2) is 19.5 Å². The predicted octanol–water partition coefficient (Wildman–Crippen LogP) is -0.807. The molecule has 0 aliphatic carbocycles. The molecular formula is C2HF2LiO4. The Morgan fingerprint density at radius 3 is 1.33 bits per heavy atom. The van der Waals surface area contributed by atoms with Gasteiger partial charge < -0.3 is 0 Å². The van der Waals surface area contributed by atoms with Crippen molar-refractivity contribution in [1.82, 2.24) is 0 Å². The van der Waals surface area contributed by atoms with E-state index in [9.17, 15) is 18.6 Å². The van der Waals surface area contributed by atoms with Crippen LogP contribution in [-0.2, 0) is 19.5 Å². The summed E-state index contributed by atoms with van der Waals surface area (Å²) >= 11 is 0. The van der Waals surface area contributed by atoms with Crippen molar-refractivity contribution in [3.8, 4) is 0 Å². The summed E-state index contributed by atoms with van der Waals surface area (Å²) < 4.78 is 21.0. The minimum absolute atomic E-state index is 0. The summed E-state index contributed by atoms with van der Waals surface area (Å²) in [4.78, 5) is 23.4. The zero-order chi connectivity index (χ0) is 6.57. The standard InChI is InChI=1S/C2F2O4.Li.H/c3-7-1(5)2(6)8-4;;. The molecule has 0 saturated carbocycles. The fraction of sp³-hybridized carbons (Fsp3) is 0. The molecule has 0 atom stereocenters. The van der Waals surface area contributed by atoms with Gasteiger partial charge in [-0.3, -0.25) is 0 Å². The van der Waals surface area contributed by atoms with E-state index in [1.807, 2.05) is 0 Å². The van der Waals surface area contributed by atoms with E-state index < -0.39 is 11.9 Å². The van der Waals surface area contributed by atoms with E-state index in [1.54, 1.807) is 0 Å². The zero-order valence-electron chi connectivity index (χ0n) is 3.39. The van der Waals surface area contributed by atoms with Crippen LogP contribution in [0, 0.1) is 0 Å². The molecule has 0 aromatic heterocycles. The van der Waals surface area contributed by atoms with Crippen molar-refractivity contribution in [2.24, 2.45) is 0 Å². The van der Waals surface area contributed by atoms with Crippen molar-refractivity contribution in [2.75, 3.05) is 0 Å². The third-order valence-electron chi connectivity index (χ3n) is 0.307. The summed E-state index contributed by atoms with van der Waals surface area (Å²) in [5.74, 6) is -4.04. The van der Waals surface area contributed by atoms with Crippen LogP contribution >= 0.6 is 0 Å². The van der Waals surface area contributed by atoms with Gasteiger partial charge in [0.15, 0.2) is 0 Å². The Kier molecular flexibility index (Phi) is 6.90. The molecule has 0 aliphatic heterocycles. The molecule has 0 aromatic carbocycles. The SMILES string of the molecule is O=C(OF)C(=O)OF.[LiH]. The van der Waals surface area contributed by atoms with Gasteiger partial charge in [0.1, 0.15) is 0 Å². The molecule has 0 rings (SSSR count). The van der Waals surface area contributed by atoms with Gasteiger partial charge >= 0.3 is 30.8 Å². The molecule has 0 spiro atoms. The summed E-state index contributed by atoms with van der Waals surface area (Å²) in [5, 5.41) is 0. The first kappa shape index (κ1) is 11.2. The Labute approximate surface area is 60.1 Å². The first-order valence-electron chi connectivity index (χ1n) is 1.38. The Balaban J connectivity index is 0. The second kappa shape index (κ2) is 5.53. The molecule has 48 valence electrons. The predicted molar refractivity (Wildman–Crippen MR) is 21.5 cm³/mol. The molecule has 0 bridgehead atoms. The van der Waals surface area contributed by atoms with Crippen molar-refractivity contribution < 1.29 is 28.5 Å². The normalized spacial score (nSPS) is 6.89. The number of carbonyl (C=O) groups excluding carboxylic acids is 2. The van der Waals surface area contributed by atoms with E-state index in [0.717, 1.165) is 0 Å². The van der Waals surface area contributed by atoms with Gasteiger partial charge in [0.25, 0.3) is 0 Å². The molecule has 0 unspecified atom stereocenters. The number of hydrogen-bond acceptors (Lipinski definition) is 4. The second-order valence-corrected chi connectivity index (χ2v) is 0.729. The van der Waals surface area contributed by atoms with Crippen LogP contribution < -0.4 is 0 Å². The Hall–Kier alpha value is -0.603. The van der Waals surface area contributed by atoms with Crippen molar-refractivity contribution in [3.63, 3.8) is 0 Å². The van der Waals surface area contributed by atoms with Gasteiger partial charge in [-0.2, -0.15) is 0 Å². The molecule has 9 heavy (non-hydrogen) atoms. The van der Waals surface area contributed by atoms with Crippen LogP contribution in [0.1, 0.15) is 0 Å². The van der Waals surface area contributed by atoms with Crippen LogP contribution in [0.15, 0.2) is 0 Å². The monoisotopic (exact) mass is 134 g/mol. The third-order valence-corrected chi connectivity index (χ3v) is 0.307. The molecule has 0 fully saturated rings. The quantitative estimate of drug-likeness (QED) is 0.321. The van der Waals surface area contributed by atoms with Gasteiger partial charge in [-0.1, -0.05) is 0 Å². The maximum atomic E-state index is 10.5. The fourth-order valence-corrected chi connectivity index (χ4v) is 0.0630. The van der Waals surface area contributed by atoms with Crippen LogP contribution in [0.2, 0.25) is 0 Å². The molecule has 7 heteroatoms. The van der Waals surface area contributed by atoms with E-state index in [4.69, 9.17) is 0 Å². The van der Waals surface area contributed by atoms with E-state index in [2.05, 4.69) is 9.88 Å². The van der Waals surface area contributed by atoms with Crippen LogP contribution in [0.5, 0.6) is 0 Å². The summed E-state index contributed by atoms with van der Waals surface area (Å²) in [6.07, 6.45) is 0. The molecule has 0 radical (unpaired) electrons. The van der Waals surface area contributed by atoms with Gasteiger partial charge in [0.2, 0.25) is 0 Å². The molecule has 4 nitrogen and oxygen atoms in total. The maximum absolute atomic E-state index is 10.5. The topological polar surface area (TPSA) is 52.6 Å². The fourth-order valence-electron chi connectivity index (χ4n) is 0.0630. The van der Waals surface area contributed by atoms with Crippen molar-refractivity contribution in [2.45, 2.75) is 0 Å². The van der Waals surface area contributed by atoms with Crippen LogP contribution in [-0.4, -0.2) is 30.8 Å².